The summed E-state index contributed by atoms with van der Waals surface area (Å²) >= 11 is 3.33. The molecule has 0 radical (unpaired) electrons. The van der Waals surface area contributed by atoms with E-state index in [0.29, 0.717) is 17.6 Å². The zero-order chi connectivity index (χ0) is 13.1. The Labute approximate surface area is 112 Å². The van der Waals surface area contributed by atoms with Crippen LogP contribution in [0.2, 0.25) is 0 Å². The third kappa shape index (κ3) is 2.59. The zero-order valence-corrected chi connectivity index (χ0v) is 11.3. The highest BCUT2D eigenvalue weighted by Crippen LogP contribution is 2.16. The van der Waals surface area contributed by atoms with Gasteiger partial charge in [-0.25, -0.2) is 4.98 Å². The van der Waals surface area contributed by atoms with Crippen LogP contribution in [0.3, 0.4) is 0 Å². The van der Waals surface area contributed by atoms with Gasteiger partial charge in [0.2, 0.25) is 0 Å². The van der Waals surface area contributed by atoms with Crippen LogP contribution in [0.25, 0.3) is 11.0 Å². The third-order valence-electron chi connectivity index (χ3n) is 2.40. The van der Waals surface area contributed by atoms with E-state index in [4.69, 9.17) is 4.74 Å². The van der Waals surface area contributed by atoms with Gasteiger partial charge in [0.15, 0.2) is 0 Å². The van der Waals surface area contributed by atoms with Gasteiger partial charge >= 0.3 is 5.97 Å². The lowest BCUT2D eigenvalue weighted by molar-refractivity contribution is -0.143. The van der Waals surface area contributed by atoms with Crippen LogP contribution < -0.4 is 5.56 Å². The largest absolute Gasteiger partial charge is 0.465 e. The Kier molecular flexibility index (Phi) is 3.76. The average Bonchev–Trinajstić information content (AvgIpc) is 2.33. The summed E-state index contributed by atoms with van der Waals surface area (Å²) in [7, 11) is 0. The molecular weight excluding hydrogens is 300 g/mol. The summed E-state index contributed by atoms with van der Waals surface area (Å²) in [6.45, 7) is 1.91. The molecule has 0 amide bonds. The third-order valence-corrected chi connectivity index (χ3v) is 2.89. The van der Waals surface area contributed by atoms with E-state index in [1.54, 1.807) is 25.1 Å². The molecule has 0 saturated carbocycles. The Bertz CT molecular complexity index is 651. The van der Waals surface area contributed by atoms with Gasteiger partial charge in [0.1, 0.15) is 6.54 Å². The maximum absolute atomic E-state index is 11.7. The van der Waals surface area contributed by atoms with Gasteiger partial charge in [-0.3, -0.25) is 14.2 Å². The van der Waals surface area contributed by atoms with E-state index < -0.39 is 5.97 Å². The summed E-state index contributed by atoms with van der Waals surface area (Å²) in [4.78, 5) is 27.2. The molecule has 0 atom stereocenters. The first-order valence-electron chi connectivity index (χ1n) is 5.42. The Morgan fingerprint density at radius 2 is 2.28 bits per heavy atom. The van der Waals surface area contributed by atoms with E-state index in [-0.39, 0.29) is 12.1 Å². The second kappa shape index (κ2) is 5.30. The molecule has 18 heavy (non-hydrogen) atoms. The fourth-order valence-electron chi connectivity index (χ4n) is 1.64. The highest BCUT2D eigenvalue weighted by Gasteiger charge is 2.09. The summed E-state index contributed by atoms with van der Waals surface area (Å²) in [5.74, 6) is -0.435. The van der Waals surface area contributed by atoms with Gasteiger partial charge in [-0.05, 0) is 25.1 Å². The fourth-order valence-corrected chi connectivity index (χ4v) is 1.99. The number of hydrogen-bond donors (Lipinski definition) is 0. The molecule has 0 N–H and O–H groups in total. The molecular formula is C12H11BrN2O3. The molecule has 6 heteroatoms. The maximum atomic E-state index is 11.7. The molecule has 0 bridgehead atoms. The Morgan fingerprint density at radius 3 is 3.00 bits per heavy atom. The monoisotopic (exact) mass is 310 g/mol. The number of carbonyl (C=O) groups is 1. The van der Waals surface area contributed by atoms with Gasteiger partial charge in [0.25, 0.3) is 5.56 Å². The SMILES string of the molecule is CCOC(=O)Cn1c(=O)cnc2cc(Br)ccc21. The van der Waals surface area contributed by atoms with E-state index in [0.717, 1.165) is 4.47 Å². The number of ether oxygens (including phenoxy) is 1. The number of aromatic nitrogens is 2. The van der Waals surface area contributed by atoms with Crippen molar-refractivity contribution in [3.63, 3.8) is 0 Å². The molecule has 0 aliphatic carbocycles. The minimum absolute atomic E-state index is 0.104. The second-order valence-electron chi connectivity index (χ2n) is 3.62. The van der Waals surface area contributed by atoms with Crippen LogP contribution in [0.1, 0.15) is 6.92 Å². The van der Waals surface area contributed by atoms with Crippen molar-refractivity contribution in [1.82, 2.24) is 9.55 Å². The number of carbonyl (C=O) groups excluding carboxylic acids is 1. The predicted molar refractivity (Wildman–Crippen MR) is 70.3 cm³/mol. The molecule has 0 aliphatic heterocycles. The number of esters is 1. The average molecular weight is 311 g/mol. The van der Waals surface area contributed by atoms with Crippen molar-refractivity contribution in [1.29, 1.82) is 0 Å². The van der Waals surface area contributed by atoms with E-state index >= 15 is 0 Å². The van der Waals surface area contributed by atoms with Crippen molar-refractivity contribution in [3.8, 4) is 0 Å². The maximum Gasteiger partial charge on any atom is 0.326 e. The van der Waals surface area contributed by atoms with Gasteiger partial charge in [-0.1, -0.05) is 15.9 Å². The lowest BCUT2D eigenvalue weighted by Gasteiger charge is -2.08. The highest BCUT2D eigenvalue weighted by atomic mass is 79.9. The van der Waals surface area contributed by atoms with Crippen molar-refractivity contribution in [2.75, 3.05) is 6.61 Å². The summed E-state index contributed by atoms with van der Waals surface area (Å²) in [5.41, 5.74) is 0.935. The summed E-state index contributed by atoms with van der Waals surface area (Å²) in [6, 6.07) is 5.33. The molecule has 94 valence electrons. The van der Waals surface area contributed by atoms with Gasteiger partial charge in [0.05, 0.1) is 23.8 Å². The van der Waals surface area contributed by atoms with Crippen LogP contribution >= 0.6 is 15.9 Å². The molecule has 1 heterocycles. The van der Waals surface area contributed by atoms with Crippen LogP contribution in [0, 0.1) is 0 Å². The summed E-state index contributed by atoms with van der Waals surface area (Å²) in [5, 5.41) is 0. The number of rotatable bonds is 3. The van der Waals surface area contributed by atoms with Crippen molar-refractivity contribution in [2.45, 2.75) is 13.5 Å². The number of hydrogen-bond acceptors (Lipinski definition) is 4. The van der Waals surface area contributed by atoms with E-state index in [2.05, 4.69) is 20.9 Å². The van der Waals surface area contributed by atoms with Gasteiger partial charge in [-0.2, -0.15) is 0 Å². The van der Waals surface area contributed by atoms with E-state index in [1.807, 2.05) is 0 Å². The lowest BCUT2D eigenvalue weighted by Crippen LogP contribution is -2.25. The topological polar surface area (TPSA) is 61.2 Å². The normalized spacial score (nSPS) is 10.6. The molecule has 5 nitrogen and oxygen atoms in total. The van der Waals surface area contributed by atoms with Crippen molar-refractivity contribution in [2.24, 2.45) is 0 Å². The van der Waals surface area contributed by atoms with Crippen LogP contribution in [0.15, 0.2) is 33.7 Å². The molecule has 0 fully saturated rings. The minimum Gasteiger partial charge on any atom is -0.465 e. The van der Waals surface area contributed by atoms with Gasteiger partial charge < -0.3 is 4.74 Å². The van der Waals surface area contributed by atoms with Crippen molar-refractivity contribution < 1.29 is 9.53 Å². The molecule has 2 aromatic rings. The first-order valence-corrected chi connectivity index (χ1v) is 6.22. The number of nitrogens with zero attached hydrogens (tertiary/aromatic N) is 2. The first-order chi connectivity index (χ1) is 8.61. The van der Waals surface area contributed by atoms with Crippen LogP contribution in [0.5, 0.6) is 0 Å². The predicted octanol–water partition coefficient (Wildman–Crippen LogP) is 1.72. The number of halogens is 1. The highest BCUT2D eigenvalue weighted by molar-refractivity contribution is 9.10. The standard InChI is InChI=1S/C12H11BrN2O3/c1-2-18-12(17)7-15-10-4-3-8(13)5-9(10)14-6-11(15)16/h3-6H,2,7H2,1H3. The summed E-state index contributed by atoms with van der Waals surface area (Å²) in [6.07, 6.45) is 1.20. The zero-order valence-electron chi connectivity index (χ0n) is 9.72. The van der Waals surface area contributed by atoms with Crippen molar-refractivity contribution in [3.05, 3.63) is 39.2 Å². The fraction of sp³-hybridized carbons (Fsp3) is 0.250. The van der Waals surface area contributed by atoms with E-state index in [9.17, 15) is 9.59 Å². The Morgan fingerprint density at radius 1 is 1.50 bits per heavy atom. The number of fused-ring (bicyclic) bond motifs is 1. The van der Waals surface area contributed by atoms with Crippen LogP contribution in [-0.2, 0) is 16.1 Å². The smallest absolute Gasteiger partial charge is 0.326 e. The lowest BCUT2D eigenvalue weighted by atomic mass is 10.3. The molecule has 0 aliphatic rings. The molecule has 0 unspecified atom stereocenters. The van der Waals surface area contributed by atoms with Gasteiger partial charge in [-0.15, -0.1) is 0 Å². The molecule has 0 saturated heterocycles. The van der Waals surface area contributed by atoms with Crippen molar-refractivity contribution >= 4 is 32.9 Å². The summed E-state index contributed by atoms with van der Waals surface area (Å²) < 4.78 is 7.06. The van der Waals surface area contributed by atoms with Gasteiger partial charge in [0, 0.05) is 4.47 Å². The Hall–Kier alpha value is -1.69. The molecule has 2 rings (SSSR count). The molecule has 1 aromatic heterocycles. The minimum atomic E-state index is -0.435. The van der Waals surface area contributed by atoms with Crippen LogP contribution in [0.4, 0.5) is 0 Å². The molecule has 1 aromatic carbocycles. The first kappa shape index (κ1) is 12.8. The van der Waals surface area contributed by atoms with Crippen LogP contribution in [-0.4, -0.2) is 22.1 Å². The van der Waals surface area contributed by atoms with E-state index in [1.165, 1.54) is 10.8 Å². The second-order valence-corrected chi connectivity index (χ2v) is 4.54. The quantitative estimate of drug-likeness (QED) is 0.810. The number of benzene rings is 1. The molecule has 0 spiro atoms. The Balaban J connectivity index is 2.51.